The van der Waals surface area contributed by atoms with Gasteiger partial charge in [0.05, 0.1) is 5.56 Å². The minimum Gasteiger partial charge on any atom is -0.459 e. The van der Waals surface area contributed by atoms with Gasteiger partial charge in [-0.1, -0.05) is 18.2 Å². The van der Waals surface area contributed by atoms with Crippen molar-refractivity contribution >= 4 is 11.9 Å². The molecule has 1 aromatic carbocycles. The Balaban J connectivity index is 1.72. The summed E-state index contributed by atoms with van der Waals surface area (Å²) in [6.45, 7) is 6.44. The fourth-order valence-electron chi connectivity index (χ4n) is 3.14. The topological polar surface area (TPSA) is 80.3 Å². The number of hydrogen-bond acceptors (Lipinski definition) is 7. The third-order valence-electron chi connectivity index (χ3n) is 4.30. The lowest BCUT2D eigenvalue weighted by Crippen LogP contribution is -2.51. The summed E-state index contributed by atoms with van der Waals surface area (Å²) >= 11 is 0. The van der Waals surface area contributed by atoms with Crippen LogP contribution in [0.5, 0.6) is 0 Å². The fourth-order valence-corrected chi connectivity index (χ4v) is 3.14. The molecule has 136 valence electrons. The van der Waals surface area contributed by atoms with Gasteiger partial charge in [-0.15, -0.1) is 0 Å². The van der Waals surface area contributed by atoms with Gasteiger partial charge in [-0.05, 0) is 32.9 Å². The molecule has 2 aliphatic rings. The van der Waals surface area contributed by atoms with Crippen molar-refractivity contribution in [1.29, 1.82) is 0 Å². The molecule has 0 bridgehead atoms. The van der Waals surface area contributed by atoms with Gasteiger partial charge in [0.15, 0.2) is 23.8 Å². The van der Waals surface area contributed by atoms with Crippen LogP contribution >= 0.6 is 0 Å². The van der Waals surface area contributed by atoms with Crippen LogP contribution in [0.25, 0.3) is 0 Å². The monoisotopic (exact) mass is 350 g/mol. The van der Waals surface area contributed by atoms with Gasteiger partial charge in [-0.2, -0.15) is 0 Å². The Bertz CT molecular complexity index is 657. The third kappa shape index (κ3) is 3.53. The van der Waals surface area contributed by atoms with Crippen LogP contribution in [0.2, 0.25) is 0 Å². The van der Waals surface area contributed by atoms with Gasteiger partial charge in [-0.3, -0.25) is 4.79 Å². The van der Waals surface area contributed by atoms with E-state index < -0.39 is 41.8 Å². The highest BCUT2D eigenvalue weighted by Crippen LogP contribution is 2.45. The fraction of sp³-hybridized carbons (Fsp3) is 0.556. The normalized spacial score (nSPS) is 32.9. The molecule has 0 amide bonds. The van der Waals surface area contributed by atoms with Crippen LogP contribution in [0.4, 0.5) is 0 Å². The first-order valence-corrected chi connectivity index (χ1v) is 8.14. The maximum atomic E-state index is 12.1. The predicted molar refractivity (Wildman–Crippen MR) is 85.6 cm³/mol. The van der Waals surface area contributed by atoms with E-state index in [-0.39, 0.29) is 6.61 Å². The Morgan fingerprint density at radius 2 is 1.80 bits per heavy atom. The molecule has 0 radical (unpaired) electrons. The Kier molecular flexibility index (Phi) is 4.57. The van der Waals surface area contributed by atoms with Crippen LogP contribution in [-0.2, 0) is 28.5 Å². The van der Waals surface area contributed by atoms with E-state index in [1.807, 2.05) is 6.07 Å². The Labute approximate surface area is 146 Å². The van der Waals surface area contributed by atoms with E-state index >= 15 is 0 Å². The minimum absolute atomic E-state index is 0.0857. The average molecular weight is 350 g/mol. The SMILES string of the molecule is CC(=O)O[C@]1(C)[C@@H](COC(=O)c2ccccc2)O[C@@H]2OC(C)(C)O[C@@H]21. The highest BCUT2D eigenvalue weighted by atomic mass is 16.8. The van der Waals surface area contributed by atoms with Crippen LogP contribution in [0.15, 0.2) is 30.3 Å². The highest BCUT2D eigenvalue weighted by Gasteiger charge is 2.63. The second kappa shape index (κ2) is 6.40. The maximum Gasteiger partial charge on any atom is 0.338 e. The standard InChI is InChI=1S/C18H22O7/c1-11(19)23-18(4)13(22-16-14(18)24-17(2,3)25-16)10-21-15(20)12-8-6-5-7-9-12/h5-9,13-14,16H,10H2,1-4H3/t13-,14+,16-,18-/m1/s1. The van der Waals surface area contributed by atoms with Gasteiger partial charge >= 0.3 is 11.9 Å². The van der Waals surface area contributed by atoms with Gasteiger partial charge in [-0.25, -0.2) is 4.79 Å². The van der Waals surface area contributed by atoms with Gasteiger partial charge in [0.25, 0.3) is 0 Å². The number of carbonyl (C=O) groups is 2. The molecule has 2 heterocycles. The number of hydrogen-bond donors (Lipinski definition) is 0. The van der Waals surface area contributed by atoms with Crippen molar-refractivity contribution in [2.75, 3.05) is 6.61 Å². The van der Waals surface area contributed by atoms with E-state index in [1.54, 1.807) is 45.0 Å². The van der Waals surface area contributed by atoms with Crippen molar-refractivity contribution in [3.63, 3.8) is 0 Å². The molecule has 2 fully saturated rings. The number of ether oxygens (including phenoxy) is 5. The maximum absolute atomic E-state index is 12.1. The zero-order valence-electron chi connectivity index (χ0n) is 14.7. The van der Waals surface area contributed by atoms with E-state index in [4.69, 9.17) is 23.7 Å². The largest absolute Gasteiger partial charge is 0.459 e. The molecule has 0 aromatic heterocycles. The minimum atomic E-state index is -1.12. The summed E-state index contributed by atoms with van der Waals surface area (Å²) in [6.07, 6.45) is -2.00. The van der Waals surface area contributed by atoms with Gasteiger partial charge in [0, 0.05) is 6.92 Å². The molecule has 7 nitrogen and oxygen atoms in total. The van der Waals surface area contributed by atoms with Crippen molar-refractivity contribution < 1.29 is 33.3 Å². The van der Waals surface area contributed by atoms with E-state index in [0.29, 0.717) is 5.56 Å². The summed E-state index contributed by atoms with van der Waals surface area (Å²) < 4.78 is 28.2. The van der Waals surface area contributed by atoms with Crippen LogP contribution in [0.3, 0.4) is 0 Å². The van der Waals surface area contributed by atoms with E-state index in [1.165, 1.54) is 6.92 Å². The molecule has 0 unspecified atom stereocenters. The zero-order valence-corrected chi connectivity index (χ0v) is 14.7. The number of carbonyl (C=O) groups excluding carboxylic acids is 2. The third-order valence-corrected chi connectivity index (χ3v) is 4.30. The number of fused-ring (bicyclic) bond motifs is 1. The summed E-state index contributed by atoms with van der Waals surface area (Å²) in [6, 6.07) is 8.63. The lowest BCUT2D eigenvalue weighted by atomic mass is 9.94. The molecule has 2 saturated heterocycles. The molecule has 3 rings (SSSR count). The van der Waals surface area contributed by atoms with E-state index in [2.05, 4.69) is 0 Å². The molecule has 2 aliphatic heterocycles. The van der Waals surface area contributed by atoms with Gasteiger partial charge < -0.3 is 23.7 Å². The lowest BCUT2D eigenvalue weighted by molar-refractivity contribution is -0.236. The molecular weight excluding hydrogens is 328 g/mol. The first-order valence-electron chi connectivity index (χ1n) is 8.14. The van der Waals surface area contributed by atoms with Gasteiger partial charge in [0.1, 0.15) is 12.7 Å². The summed E-state index contributed by atoms with van der Waals surface area (Å²) in [7, 11) is 0. The predicted octanol–water partition coefficient (Wildman–Crippen LogP) is 2.04. The lowest BCUT2D eigenvalue weighted by Gasteiger charge is -2.33. The Morgan fingerprint density at radius 1 is 1.12 bits per heavy atom. The molecule has 0 aliphatic carbocycles. The van der Waals surface area contributed by atoms with Crippen molar-refractivity contribution in [3.8, 4) is 0 Å². The first-order chi connectivity index (χ1) is 11.7. The van der Waals surface area contributed by atoms with Crippen molar-refractivity contribution in [3.05, 3.63) is 35.9 Å². The molecule has 0 saturated carbocycles. The number of rotatable bonds is 4. The zero-order chi connectivity index (χ0) is 18.2. The van der Waals surface area contributed by atoms with Crippen molar-refractivity contribution in [2.45, 2.75) is 57.6 Å². The molecule has 0 spiro atoms. The summed E-state index contributed by atoms with van der Waals surface area (Å²) in [4.78, 5) is 23.7. The molecular formula is C18H22O7. The highest BCUT2D eigenvalue weighted by molar-refractivity contribution is 5.89. The summed E-state index contributed by atoms with van der Waals surface area (Å²) in [5.74, 6) is -1.80. The molecule has 25 heavy (non-hydrogen) atoms. The molecule has 7 heteroatoms. The number of benzene rings is 1. The number of esters is 2. The van der Waals surface area contributed by atoms with Crippen molar-refractivity contribution in [1.82, 2.24) is 0 Å². The van der Waals surface area contributed by atoms with Crippen LogP contribution in [-0.4, -0.2) is 48.4 Å². The van der Waals surface area contributed by atoms with Crippen LogP contribution in [0, 0.1) is 0 Å². The first kappa shape index (κ1) is 17.8. The van der Waals surface area contributed by atoms with Crippen molar-refractivity contribution in [2.24, 2.45) is 0 Å². The van der Waals surface area contributed by atoms with Crippen LogP contribution in [0.1, 0.15) is 38.1 Å². The van der Waals surface area contributed by atoms with Crippen LogP contribution < -0.4 is 0 Å². The summed E-state index contributed by atoms with van der Waals surface area (Å²) in [5.41, 5.74) is -0.690. The molecule has 1 aromatic rings. The second-order valence-electron chi connectivity index (χ2n) is 6.79. The van der Waals surface area contributed by atoms with E-state index in [0.717, 1.165) is 0 Å². The Hall–Kier alpha value is -1.96. The Morgan fingerprint density at radius 3 is 2.44 bits per heavy atom. The molecule has 4 atom stereocenters. The molecule has 0 N–H and O–H groups in total. The smallest absolute Gasteiger partial charge is 0.338 e. The quantitative estimate of drug-likeness (QED) is 0.769. The average Bonchev–Trinajstić information content (AvgIpc) is 2.97. The van der Waals surface area contributed by atoms with E-state index in [9.17, 15) is 9.59 Å². The second-order valence-corrected chi connectivity index (χ2v) is 6.79. The summed E-state index contributed by atoms with van der Waals surface area (Å²) in [5, 5.41) is 0. The van der Waals surface area contributed by atoms with Gasteiger partial charge in [0.2, 0.25) is 0 Å².